The van der Waals surface area contributed by atoms with Gasteiger partial charge in [0.2, 0.25) is 5.95 Å². The molecule has 130 valence electrons. The predicted molar refractivity (Wildman–Crippen MR) is 102 cm³/mol. The first-order valence-corrected chi connectivity index (χ1v) is 9.10. The van der Waals surface area contributed by atoms with Crippen molar-refractivity contribution in [1.29, 1.82) is 0 Å². The zero-order valence-electron chi connectivity index (χ0n) is 14.3. The summed E-state index contributed by atoms with van der Waals surface area (Å²) in [6.45, 7) is 2.71. The quantitative estimate of drug-likeness (QED) is 0.779. The molecule has 0 spiro atoms. The molecule has 1 aromatic carbocycles. The van der Waals surface area contributed by atoms with Crippen molar-refractivity contribution in [1.82, 2.24) is 19.9 Å². The summed E-state index contributed by atoms with van der Waals surface area (Å²) >= 11 is 5.98. The van der Waals surface area contributed by atoms with Gasteiger partial charge in [-0.3, -0.25) is 4.98 Å². The van der Waals surface area contributed by atoms with E-state index in [0.29, 0.717) is 17.6 Å². The van der Waals surface area contributed by atoms with Crippen molar-refractivity contribution in [3.8, 4) is 0 Å². The highest BCUT2D eigenvalue weighted by Gasteiger charge is 2.23. The van der Waals surface area contributed by atoms with Gasteiger partial charge in [0.05, 0.1) is 28.3 Å². The second-order valence-electron chi connectivity index (χ2n) is 6.53. The van der Waals surface area contributed by atoms with Crippen molar-refractivity contribution in [2.45, 2.75) is 25.4 Å². The van der Waals surface area contributed by atoms with Gasteiger partial charge in [0.1, 0.15) is 0 Å². The predicted octanol–water partition coefficient (Wildman–Crippen LogP) is 3.32. The van der Waals surface area contributed by atoms with Gasteiger partial charge in [0, 0.05) is 25.3 Å². The van der Waals surface area contributed by atoms with Gasteiger partial charge >= 0.3 is 0 Å². The van der Waals surface area contributed by atoms with Gasteiger partial charge in [-0.25, -0.2) is 4.98 Å². The molecule has 0 amide bonds. The Bertz CT molecular complexity index is 858. The molecule has 4 rings (SSSR count). The fourth-order valence-electron chi connectivity index (χ4n) is 3.52. The lowest BCUT2D eigenvalue weighted by Gasteiger charge is -2.33. The third-order valence-corrected chi connectivity index (χ3v) is 5.08. The van der Waals surface area contributed by atoms with Crippen molar-refractivity contribution in [3.63, 3.8) is 0 Å². The minimum atomic E-state index is 0.510. The number of hydrogen-bond acceptors (Lipinski definition) is 4. The SMILES string of the molecule is CN[C@H]1CCCN(c2nc3ccccc3n2Cc2ccc(Cl)cn2)C1. The maximum atomic E-state index is 5.98. The smallest absolute Gasteiger partial charge is 0.206 e. The van der Waals surface area contributed by atoms with Crippen LogP contribution in [0.25, 0.3) is 11.0 Å². The minimum Gasteiger partial charge on any atom is -0.341 e. The molecular formula is C19H22ClN5. The Balaban J connectivity index is 1.74. The normalized spacial score (nSPS) is 18.0. The summed E-state index contributed by atoms with van der Waals surface area (Å²) in [6.07, 6.45) is 4.09. The fourth-order valence-corrected chi connectivity index (χ4v) is 3.63. The molecule has 1 atom stereocenters. The van der Waals surface area contributed by atoms with E-state index in [9.17, 15) is 0 Å². The second-order valence-corrected chi connectivity index (χ2v) is 6.96. The topological polar surface area (TPSA) is 46.0 Å². The third kappa shape index (κ3) is 3.34. The van der Waals surface area contributed by atoms with Crippen molar-refractivity contribution >= 4 is 28.6 Å². The number of fused-ring (bicyclic) bond motifs is 1. The first-order valence-electron chi connectivity index (χ1n) is 8.72. The van der Waals surface area contributed by atoms with Gasteiger partial charge in [-0.2, -0.15) is 0 Å². The number of anilines is 1. The number of aromatic nitrogens is 3. The van der Waals surface area contributed by atoms with Crippen LogP contribution in [0.3, 0.4) is 0 Å². The maximum Gasteiger partial charge on any atom is 0.206 e. The summed E-state index contributed by atoms with van der Waals surface area (Å²) in [5.41, 5.74) is 3.15. The molecule has 3 aromatic rings. The van der Waals surface area contributed by atoms with Crippen LogP contribution in [0.4, 0.5) is 5.95 Å². The summed E-state index contributed by atoms with van der Waals surface area (Å²) < 4.78 is 2.27. The van der Waals surface area contributed by atoms with E-state index >= 15 is 0 Å². The van der Waals surface area contributed by atoms with Gasteiger partial charge in [-0.1, -0.05) is 23.7 Å². The molecule has 1 saturated heterocycles. The van der Waals surface area contributed by atoms with Gasteiger partial charge in [-0.15, -0.1) is 0 Å². The number of pyridine rings is 1. The lowest BCUT2D eigenvalue weighted by molar-refractivity contribution is 0.442. The number of likely N-dealkylation sites (N-methyl/N-ethyl adjacent to an activating group) is 1. The molecular weight excluding hydrogens is 334 g/mol. The molecule has 25 heavy (non-hydrogen) atoms. The third-order valence-electron chi connectivity index (χ3n) is 4.86. The number of rotatable bonds is 4. The van der Waals surface area contributed by atoms with Gasteiger partial charge in [0.25, 0.3) is 0 Å². The molecule has 0 aliphatic carbocycles. The minimum absolute atomic E-state index is 0.510. The zero-order valence-corrected chi connectivity index (χ0v) is 15.1. The Labute approximate surface area is 152 Å². The molecule has 3 heterocycles. The monoisotopic (exact) mass is 355 g/mol. The number of imidazole rings is 1. The van der Waals surface area contributed by atoms with E-state index in [0.717, 1.165) is 35.8 Å². The largest absolute Gasteiger partial charge is 0.341 e. The van der Waals surface area contributed by atoms with E-state index in [1.165, 1.54) is 12.8 Å². The van der Waals surface area contributed by atoms with E-state index in [-0.39, 0.29) is 0 Å². The van der Waals surface area contributed by atoms with Gasteiger partial charge in [0.15, 0.2) is 0 Å². The van der Waals surface area contributed by atoms with Crippen LogP contribution in [0.15, 0.2) is 42.6 Å². The number of benzene rings is 1. The van der Waals surface area contributed by atoms with Crippen molar-refractivity contribution in [2.24, 2.45) is 0 Å². The van der Waals surface area contributed by atoms with E-state index < -0.39 is 0 Å². The molecule has 1 aliphatic heterocycles. The molecule has 0 bridgehead atoms. The van der Waals surface area contributed by atoms with Gasteiger partial charge in [-0.05, 0) is 44.2 Å². The molecule has 0 unspecified atom stereocenters. The Morgan fingerprint density at radius 1 is 1.24 bits per heavy atom. The highest BCUT2D eigenvalue weighted by atomic mass is 35.5. The first kappa shape index (κ1) is 16.4. The average Bonchev–Trinajstić information content (AvgIpc) is 3.02. The van der Waals surface area contributed by atoms with E-state index in [1.54, 1.807) is 6.20 Å². The standard InChI is InChI=1S/C19H22ClN5/c1-21-15-5-4-10-24(12-15)19-23-17-6-2-3-7-18(17)25(19)13-16-9-8-14(20)11-22-16/h2-3,6-9,11,15,21H,4-5,10,12-13H2,1H3/t15-/m0/s1. The van der Waals surface area contributed by atoms with Crippen LogP contribution in [0.2, 0.25) is 5.02 Å². The summed E-state index contributed by atoms with van der Waals surface area (Å²) in [4.78, 5) is 11.8. The molecule has 1 fully saturated rings. The van der Waals surface area contributed by atoms with E-state index in [2.05, 4.69) is 38.0 Å². The first-order chi connectivity index (χ1) is 12.2. The van der Waals surface area contributed by atoms with Crippen molar-refractivity contribution < 1.29 is 0 Å². The highest BCUT2D eigenvalue weighted by Crippen LogP contribution is 2.26. The number of nitrogens with zero attached hydrogens (tertiary/aromatic N) is 4. The second kappa shape index (κ2) is 7.02. The van der Waals surface area contributed by atoms with Crippen molar-refractivity contribution in [3.05, 3.63) is 53.3 Å². The molecule has 2 aromatic heterocycles. The van der Waals surface area contributed by atoms with Crippen LogP contribution >= 0.6 is 11.6 Å². The molecule has 1 aliphatic rings. The lowest BCUT2D eigenvalue weighted by Crippen LogP contribution is -2.45. The Hall–Kier alpha value is -2.11. The summed E-state index contributed by atoms with van der Waals surface area (Å²) in [5.74, 6) is 1.03. The lowest BCUT2D eigenvalue weighted by atomic mass is 10.1. The average molecular weight is 356 g/mol. The van der Waals surface area contributed by atoms with Crippen LogP contribution in [0.1, 0.15) is 18.5 Å². The van der Waals surface area contributed by atoms with Crippen LogP contribution < -0.4 is 10.2 Å². The number of piperidine rings is 1. The molecule has 0 saturated carbocycles. The van der Waals surface area contributed by atoms with Crippen LogP contribution in [-0.2, 0) is 6.54 Å². The van der Waals surface area contributed by atoms with E-state index in [4.69, 9.17) is 16.6 Å². The number of halogens is 1. The Morgan fingerprint density at radius 3 is 2.92 bits per heavy atom. The van der Waals surface area contributed by atoms with E-state index in [1.807, 2.05) is 25.2 Å². The number of para-hydroxylation sites is 2. The van der Waals surface area contributed by atoms with Gasteiger partial charge < -0.3 is 14.8 Å². The zero-order chi connectivity index (χ0) is 17.2. The number of hydrogen-bond donors (Lipinski definition) is 1. The molecule has 1 N–H and O–H groups in total. The fraction of sp³-hybridized carbons (Fsp3) is 0.368. The maximum absolute atomic E-state index is 5.98. The summed E-state index contributed by atoms with van der Waals surface area (Å²) in [5, 5.41) is 4.07. The Morgan fingerprint density at radius 2 is 2.12 bits per heavy atom. The molecule has 5 nitrogen and oxygen atoms in total. The summed E-state index contributed by atoms with van der Waals surface area (Å²) in [7, 11) is 2.04. The number of nitrogens with one attached hydrogen (secondary N) is 1. The highest BCUT2D eigenvalue weighted by molar-refractivity contribution is 6.30. The van der Waals surface area contributed by atoms with Crippen LogP contribution in [0, 0.1) is 0 Å². The Kier molecular flexibility index (Phi) is 4.59. The van der Waals surface area contributed by atoms with Crippen molar-refractivity contribution in [2.75, 3.05) is 25.0 Å². The molecule has 6 heteroatoms. The van der Waals surface area contributed by atoms with Crippen LogP contribution in [-0.4, -0.2) is 40.7 Å². The van der Waals surface area contributed by atoms with Crippen LogP contribution in [0.5, 0.6) is 0 Å². The summed E-state index contributed by atoms with van der Waals surface area (Å²) in [6, 6.07) is 12.7. The molecule has 0 radical (unpaired) electrons.